The van der Waals surface area contributed by atoms with Crippen LogP contribution in [-0.2, 0) is 0 Å². The third-order valence-corrected chi connectivity index (χ3v) is 0.815. The van der Waals surface area contributed by atoms with E-state index in [4.69, 9.17) is 10.2 Å². The second-order valence-electron chi connectivity index (χ2n) is 1.93. The van der Waals surface area contributed by atoms with E-state index in [0.29, 0.717) is 0 Å². The van der Waals surface area contributed by atoms with E-state index < -0.39 is 6.10 Å². The Morgan fingerprint density at radius 2 is 2.20 bits per heavy atom. The maximum Gasteiger partial charge on any atom is 0.114 e. The SMILES string of the molecule is C=CC=CC(O)=CC(C)O. The summed E-state index contributed by atoms with van der Waals surface area (Å²) in [7, 11) is 0. The topological polar surface area (TPSA) is 40.5 Å². The number of rotatable bonds is 3. The maximum atomic E-state index is 8.92. The van der Waals surface area contributed by atoms with Crippen LogP contribution in [0.25, 0.3) is 0 Å². The lowest BCUT2D eigenvalue weighted by molar-refractivity contribution is 0.238. The Morgan fingerprint density at radius 1 is 1.60 bits per heavy atom. The first-order valence-electron chi connectivity index (χ1n) is 3.04. The molecular weight excluding hydrogens is 128 g/mol. The van der Waals surface area contributed by atoms with Crippen molar-refractivity contribution in [2.75, 3.05) is 0 Å². The summed E-state index contributed by atoms with van der Waals surface area (Å²) in [6.45, 7) is 4.99. The van der Waals surface area contributed by atoms with Gasteiger partial charge in [0.2, 0.25) is 0 Å². The molecular formula is C8H12O2. The van der Waals surface area contributed by atoms with Gasteiger partial charge in [-0.3, -0.25) is 0 Å². The molecule has 0 fully saturated rings. The molecule has 0 aromatic heterocycles. The van der Waals surface area contributed by atoms with Crippen LogP contribution in [0.2, 0.25) is 0 Å². The summed E-state index contributed by atoms with van der Waals surface area (Å²) in [5.74, 6) is 0.0508. The van der Waals surface area contributed by atoms with Gasteiger partial charge in [-0.15, -0.1) is 0 Å². The molecule has 0 saturated carbocycles. The molecule has 2 heteroatoms. The number of aliphatic hydroxyl groups is 2. The number of hydrogen-bond acceptors (Lipinski definition) is 2. The van der Waals surface area contributed by atoms with E-state index in [1.807, 2.05) is 0 Å². The normalized spacial score (nSPS) is 15.6. The molecule has 1 atom stereocenters. The largest absolute Gasteiger partial charge is 0.508 e. The molecule has 0 aromatic rings. The van der Waals surface area contributed by atoms with Gasteiger partial charge in [-0.1, -0.05) is 18.7 Å². The first-order valence-corrected chi connectivity index (χ1v) is 3.04. The summed E-state index contributed by atoms with van der Waals surface area (Å²) < 4.78 is 0. The van der Waals surface area contributed by atoms with Crippen molar-refractivity contribution in [3.63, 3.8) is 0 Å². The van der Waals surface area contributed by atoms with Crippen molar-refractivity contribution in [1.29, 1.82) is 0 Å². The molecule has 2 N–H and O–H groups in total. The highest BCUT2D eigenvalue weighted by molar-refractivity contribution is 5.15. The second-order valence-corrected chi connectivity index (χ2v) is 1.93. The van der Waals surface area contributed by atoms with Gasteiger partial charge in [-0.25, -0.2) is 0 Å². The Bertz CT molecular complexity index is 155. The Labute approximate surface area is 60.8 Å². The molecule has 0 radical (unpaired) electrons. The summed E-state index contributed by atoms with van der Waals surface area (Å²) in [5.41, 5.74) is 0. The smallest absolute Gasteiger partial charge is 0.114 e. The molecule has 10 heavy (non-hydrogen) atoms. The minimum Gasteiger partial charge on any atom is -0.508 e. The fourth-order valence-corrected chi connectivity index (χ4v) is 0.469. The van der Waals surface area contributed by atoms with Crippen LogP contribution in [0.5, 0.6) is 0 Å². The molecule has 0 aromatic carbocycles. The van der Waals surface area contributed by atoms with Gasteiger partial charge in [0.1, 0.15) is 5.76 Å². The zero-order chi connectivity index (χ0) is 7.98. The second kappa shape index (κ2) is 4.82. The minimum atomic E-state index is -0.616. The zero-order valence-electron chi connectivity index (χ0n) is 5.99. The Balaban J connectivity index is 3.93. The van der Waals surface area contributed by atoms with Crippen molar-refractivity contribution >= 4 is 0 Å². The van der Waals surface area contributed by atoms with Gasteiger partial charge in [0.15, 0.2) is 0 Å². The fourth-order valence-electron chi connectivity index (χ4n) is 0.469. The summed E-state index contributed by atoms with van der Waals surface area (Å²) >= 11 is 0. The van der Waals surface area contributed by atoms with Crippen molar-refractivity contribution in [3.05, 3.63) is 36.6 Å². The van der Waals surface area contributed by atoms with Gasteiger partial charge in [0.25, 0.3) is 0 Å². The minimum absolute atomic E-state index is 0.0508. The average molecular weight is 140 g/mol. The number of aliphatic hydroxyl groups excluding tert-OH is 2. The lowest BCUT2D eigenvalue weighted by Crippen LogP contribution is -1.94. The highest BCUT2D eigenvalue weighted by Gasteiger charge is 1.89. The van der Waals surface area contributed by atoms with Gasteiger partial charge in [-0.2, -0.15) is 0 Å². The van der Waals surface area contributed by atoms with Crippen molar-refractivity contribution < 1.29 is 10.2 Å². The third kappa shape index (κ3) is 5.12. The Hall–Kier alpha value is -1.02. The van der Waals surface area contributed by atoms with Crippen LogP contribution in [0.1, 0.15) is 6.92 Å². The molecule has 0 aliphatic rings. The van der Waals surface area contributed by atoms with E-state index in [1.165, 1.54) is 12.2 Å². The molecule has 0 saturated heterocycles. The van der Waals surface area contributed by atoms with Crippen molar-refractivity contribution in [1.82, 2.24) is 0 Å². The number of hydrogen-bond donors (Lipinski definition) is 2. The van der Waals surface area contributed by atoms with Crippen LogP contribution in [0.3, 0.4) is 0 Å². The van der Waals surface area contributed by atoms with E-state index in [2.05, 4.69) is 6.58 Å². The van der Waals surface area contributed by atoms with Gasteiger partial charge in [0, 0.05) is 0 Å². The molecule has 0 aliphatic heterocycles. The van der Waals surface area contributed by atoms with Crippen LogP contribution in [-0.4, -0.2) is 16.3 Å². The molecule has 0 amide bonds. The van der Waals surface area contributed by atoms with Gasteiger partial charge in [0.05, 0.1) is 6.10 Å². The molecule has 0 heterocycles. The van der Waals surface area contributed by atoms with E-state index in [-0.39, 0.29) is 5.76 Å². The quantitative estimate of drug-likeness (QED) is 0.461. The van der Waals surface area contributed by atoms with E-state index >= 15 is 0 Å². The van der Waals surface area contributed by atoms with Gasteiger partial charge in [-0.05, 0) is 19.1 Å². The van der Waals surface area contributed by atoms with Crippen LogP contribution in [0.4, 0.5) is 0 Å². The fraction of sp³-hybridized carbons (Fsp3) is 0.250. The Kier molecular flexibility index (Phi) is 4.33. The van der Waals surface area contributed by atoms with Gasteiger partial charge >= 0.3 is 0 Å². The molecule has 0 spiro atoms. The molecule has 0 rings (SSSR count). The molecule has 1 unspecified atom stereocenters. The Morgan fingerprint density at radius 3 is 2.60 bits per heavy atom. The predicted molar refractivity (Wildman–Crippen MR) is 41.7 cm³/mol. The first-order chi connectivity index (χ1) is 4.66. The summed E-state index contributed by atoms with van der Waals surface area (Å²) in [4.78, 5) is 0. The average Bonchev–Trinajstić information content (AvgIpc) is 1.82. The van der Waals surface area contributed by atoms with Crippen molar-refractivity contribution in [2.24, 2.45) is 0 Å². The molecule has 0 bridgehead atoms. The first kappa shape index (κ1) is 8.98. The lowest BCUT2D eigenvalue weighted by Gasteiger charge is -1.93. The summed E-state index contributed by atoms with van der Waals surface area (Å²) in [6.07, 6.45) is 5.31. The van der Waals surface area contributed by atoms with E-state index in [0.717, 1.165) is 0 Å². The highest BCUT2D eigenvalue weighted by Crippen LogP contribution is 1.93. The zero-order valence-corrected chi connectivity index (χ0v) is 5.99. The summed E-state index contributed by atoms with van der Waals surface area (Å²) in [6, 6.07) is 0. The third-order valence-electron chi connectivity index (χ3n) is 0.815. The monoisotopic (exact) mass is 140 g/mol. The van der Waals surface area contributed by atoms with Crippen LogP contribution < -0.4 is 0 Å². The van der Waals surface area contributed by atoms with Crippen molar-refractivity contribution in [2.45, 2.75) is 13.0 Å². The van der Waals surface area contributed by atoms with Gasteiger partial charge < -0.3 is 10.2 Å². The predicted octanol–water partition coefficient (Wildman–Crippen LogP) is 1.55. The molecule has 2 nitrogen and oxygen atoms in total. The van der Waals surface area contributed by atoms with E-state index in [9.17, 15) is 0 Å². The van der Waals surface area contributed by atoms with Crippen LogP contribution in [0.15, 0.2) is 36.6 Å². The van der Waals surface area contributed by atoms with Crippen LogP contribution in [0, 0.1) is 0 Å². The highest BCUT2D eigenvalue weighted by atomic mass is 16.3. The number of allylic oxidation sites excluding steroid dienone is 3. The van der Waals surface area contributed by atoms with Crippen LogP contribution >= 0.6 is 0 Å². The standard InChI is InChI=1S/C8H12O2/c1-3-4-5-8(10)6-7(2)9/h3-7,9-10H,1H2,2H3. The maximum absolute atomic E-state index is 8.92. The molecule has 0 aliphatic carbocycles. The molecule has 56 valence electrons. The van der Waals surface area contributed by atoms with Crippen molar-refractivity contribution in [3.8, 4) is 0 Å². The van der Waals surface area contributed by atoms with E-state index in [1.54, 1.807) is 19.1 Å². The summed E-state index contributed by atoms with van der Waals surface area (Å²) in [5, 5.41) is 17.6. The lowest BCUT2D eigenvalue weighted by atomic mass is 10.3.